The van der Waals surface area contributed by atoms with Gasteiger partial charge in [0.15, 0.2) is 0 Å². The third-order valence-electron chi connectivity index (χ3n) is 2.30. The van der Waals surface area contributed by atoms with E-state index >= 15 is 0 Å². The lowest BCUT2D eigenvalue weighted by Gasteiger charge is -2.08. The number of hydrogen-bond acceptors (Lipinski definition) is 5. The molecule has 0 spiro atoms. The lowest BCUT2D eigenvalue weighted by Crippen LogP contribution is -2.24. The van der Waals surface area contributed by atoms with Crippen molar-refractivity contribution in [3.05, 3.63) is 0 Å². The van der Waals surface area contributed by atoms with Crippen molar-refractivity contribution < 1.29 is 18.9 Å². The summed E-state index contributed by atoms with van der Waals surface area (Å²) < 4.78 is 21.3. The summed E-state index contributed by atoms with van der Waals surface area (Å²) in [5, 5.41) is 3.32. The Bertz CT molecular complexity index is 168. The van der Waals surface area contributed by atoms with Crippen LogP contribution in [0.3, 0.4) is 0 Å². The Balaban J connectivity index is 2.91. The van der Waals surface area contributed by atoms with Gasteiger partial charge in [-0.25, -0.2) is 0 Å². The highest BCUT2D eigenvalue weighted by molar-refractivity contribution is 4.49. The Morgan fingerprint density at radius 2 is 1.21 bits per heavy atom. The molecule has 5 nitrogen and oxygen atoms in total. The minimum absolute atomic E-state index is 0.612. The third-order valence-corrected chi connectivity index (χ3v) is 2.30. The summed E-state index contributed by atoms with van der Waals surface area (Å²) >= 11 is 0. The molecule has 0 amide bonds. The van der Waals surface area contributed by atoms with Crippen LogP contribution in [0.25, 0.3) is 0 Å². The van der Waals surface area contributed by atoms with Gasteiger partial charge in [-0.1, -0.05) is 13.8 Å². The molecule has 0 rings (SSSR count). The van der Waals surface area contributed by atoms with E-state index in [1.807, 2.05) is 6.92 Å². The molecule has 5 heteroatoms. The highest BCUT2D eigenvalue weighted by atomic mass is 16.6. The van der Waals surface area contributed by atoms with E-state index in [1.165, 1.54) is 0 Å². The van der Waals surface area contributed by atoms with Crippen molar-refractivity contribution in [1.82, 2.24) is 5.32 Å². The average Bonchev–Trinajstić information content (AvgIpc) is 2.39. The molecule has 0 aromatic heterocycles. The van der Waals surface area contributed by atoms with Crippen LogP contribution in [-0.2, 0) is 18.9 Å². The molecule has 0 atom stereocenters. The molecule has 0 aliphatic rings. The standard InChI is InChI=1S/C14H31NO4/c1-4-16-7-8-18-11-12-19-10-9-17-6-5-15-13-14(2)3/h14-15H,4-13H2,1-3H3. The van der Waals surface area contributed by atoms with Crippen LogP contribution in [0.15, 0.2) is 0 Å². The summed E-state index contributed by atoms with van der Waals surface area (Å²) in [4.78, 5) is 0. The van der Waals surface area contributed by atoms with E-state index in [0.717, 1.165) is 26.3 Å². The van der Waals surface area contributed by atoms with E-state index in [-0.39, 0.29) is 0 Å². The first-order valence-electron chi connectivity index (χ1n) is 7.29. The van der Waals surface area contributed by atoms with Crippen molar-refractivity contribution in [3.63, 3.8) is 0 Å². The lowest BCUT2D eigenvalue weighted by atomic mass is 10.2. The van der Waals surface area contributed by atoms with Gasteiger partial charge in [0.05, 0.1) is 46.2 Å². The largest absolute Gasteiger partial charge is 0.379 e. The fraction of sp³-hybridized carbons (Fsp3) is 1.00. The van der Waals surface area contributed by atoms with Gasteiger partial charge in [0.2, 0.25) is 0 Å². The molecule has 0 aromatic rings. The van der Waals surface area contributed by atoms with Gasteiger partial charge in [-0.2, -0.15) is 0 Å². The first kappa shape index (κ1) is 18.8. The molecule has 19 heavy (non-hydrogen) atoms. The van der Waals surface area contributed by atoms with Crippen LogP contribution in [0, 0.1) is 5.92 Å². The third kappa shape index (κ3) is 17.8. The molecule has 0 aliphatic carbocycles. The maximum atomic E-state index is 5.43. The normalized spacial score (nSPS) is 11.4. The van der Waals surface area contributed by atoms with Gasteiger partial charge in [-0.05, 0) is 19.4 Å². The zero-order valence-corrected chi connectivity index (χ0v) is 12.8. The van der Waals surface area contributed by atoms with E-state index in [9.17, 15) is 0 Å². The van der Waals surface area contributed by atoms with Crippen molar-refractivity contribution in [2.24, 2.45) is 5.92 Å². The fourth-order valence-corrected chi connectivity index (χ4v) is 1.34. The van der Waals surface area contributed by atoms with Crippen LogP contribution in [0.1, 0.15) is 20.8 Å². The van der Waals surface area contributed by atoms with Crippen molar-refractivity contribution in [2.45, 2.75) is 20.8 Å². The molecule has 116 valence electrons. The fourth-order valence-electron chi connectivity index (χ4n) is 1.34. The maximum Gasteiger partial charge on any atom is 0.0701 e. The number of nitrogens with one attached hydrogen (secondary N) is 1. The minimum atomic E-state index is 0.612. The summed E-state index contributed by atoms with van der Waals surface area (Å²) in [6, 6.07) is 0. The van der Waals surface area contributed by atoms with Crippen LogP contribution in [0.4, 0.5) is 0 Å². The monoisotopic (exact) mass is 277 g/mol. The molecule has 0 saturated carbocycles. The molecule has 0 aromatic carbocycles. The molecule has 0 radical (unpaired) electrons. The van der Waals surface area contributed by atoms with E-state index < -0.39 is 0 Å². The molecule has 0 aliphatic heterocycles. The molecule has 0 saturated heterocycles. The predicted octanol–water partition coefficient (Wildman–Crippen LogP) is 1.32. The zero-order chi connectivity index (χ0) is 14.2. The first-order chi connectivity index (χ1) is 9.27. The highest BCUT2D eigenvalue weighted by Crippen LogP contribution is 1.86. The topological polar surface area (TPSA) is 49.0 Å². The Hall–Kier alpha value is -0.200. The number of hydrogen-bond donors (Lipinski definition) is 1. The molecule has 0 bridgehead atoms. The van der Waals surface area contributed by atoms with Crippen molar-refractivity contribution >= 4 is 0 Å². The van der Waals surface area contributed by atoms with Crippen LogP contribution < -0.4 is 5.32 Å². The van der Waals surface area contributed by atoms with Gasteiger partial charge < -0.3 is 24.3 Å². The summed E-state index contributed by atoms with van der Waals surface area (Å²) in [6.07, 6.45) is 0. The van der Waals surface area contributed by atoms with E-state index in [2.05, 4.69) is 19.2 Å². The minimum Gasteiger partial charge on any atom is -0.379 e. The van der Waals surface area contributed by atoms with Gasteiger partial charge in [-0.15, -0.1) is 0 Å². The first-order valence-corrected chi connectivity index (χ1v) is 7.29. The second-order valence-electron chi connectivity index (χ2n) is 4.63. The Labute approximate surface area is 117 Å². The number of rotatable bonds is 15. The molecule has 0 heterocycles. The van der Waals surface area contributed by atoms with Crippen LogP contribution in [0.5, 0.6) is 0 Å². The van der Waals surface area contributed by atoms with Crippen molar-refractivity contribution in [2.75, 3.05) is 65.9 Å². The SMILES string of the molecule is CCOCCOCCOCCOCCNCC(C)C. The highest BCUT2D eigenvalue weighted by Gasteiger charge is 1.94. The zero-order valence-electron chi connectivity index (χ0n) is 12.8. The summed E-state index contributed by atoms with van der Waals surface area (Å²) in [6.45, 7) is 13.6. The molecule has 0 fully saturated rings. The van der Waals surface area contributed by atoms with Gasteiger partial charge in [0, 0.05) is 13.2 Å². The van der Waals surface area contributed by atoms with Gasteiger partial charge >= 0.3 is 0 Å². The van der Waals surface area contributed by atoms with Crippen LogP contribution in [-0.4, -0.2) is 65.9 Å². The Morgan fingerprint density at radius 3 is 1.68 bits per heavy atom. The van der Waals surface area contributed by atoms with Gasteiger partial charge in [0.1, 0.15) is 0 Å². The van der Waals surface area contributed by atoms with Crippen molar-refractivity contribution in [1.29, 1.82) is 0 Å². The second kappa shape index (κ2) is 15.9. The van der Waals surface area contributed by atoms with Crippen LogP contribution >= 0.6 is 0 Å². The smallest absolute Gasteiger partial charge is 0.0701 e. The predicted molar refractivity (Wildman–Crippen MR) is 76.7 cm³/mol. The van der Waals surface area contributed by atoms with E-state index in [4.69, 9.17) is 18.9 Å². The average molecular weight is 277 g/mol. The summed E-state index contributed by atoms with van der Waals surface area (Å²) in [7, 11) is 0. The van der Waals surface area contributed by atoms with Crippen LogP contribution in [0.2, 0.25) is 0 Å². The molecular formula is C14H31NO4. The molecule has 0 unspecified atom stereocenters. The van der Waals surface area contributed by atoms with E-state index in [0.29, 0.717) is 45.6 Å². The van der Waals surface area contributed by atoms with E-state index in [1.54, 1.807) is 0 Å². The maximum absolute atomic E-state index is 5.43. The second-order valence-corrected chi connectivity index (χ2v) is 4.63. The Morgan fingerprint density at radius 1 is 0.737 bits per heavy atom. The summed E-state index contributed by atoms with van der Waals surface area (Å²) in [5.41, 5.74) is 0. The number of ether oxygens (including phenoxy) is 4. The quantitative estimate of drug-likeness (QED) is 0.458. The Kier molecular flexibility index (Phi) is 15.7. The van der Waals surface area contributed by atoms with Crippen molar-refractivity contribution in [3.8, 4) is 0 Å². The van der Waals surface area contributed by atoms with Gasteiger partial charge in [0.25, 0.3) is 0 Å². The van der Waals surface area contributed by atoms with Gasteiger partial charge in [-0.3, -0.25) is 0 Å². The molecular weight excluding hydrogens is 246 g/mol. The lowest BCUT2D eigenvalue weighted by molar-refractivity contribution is -0.000125. The summed E-state index contributed by atoms with van der Waals surface area (Å²) in [5.74, 6) is 0.686. The molecule has 1 N–H and O–H groups in total.